The number of aryl methyl sites for hydroxylation is 3. The molecule has 0 fully saturated rings. The maximum absolute atomic E-state index is 4.74. The Balaban J connectivity index is 0.00000338. The highest BCUT2D eigenvalue weighted by atomic mass is 127. The van der Waals surface area contributed by atoms with Crippen LogP contribution in [0, 0.1) is 13.8 Å². The standard InChI is InChI=1S/C20H31N5.HI/c1-5-21-20(22-12-6-7-19-14-24-25-17(19)4)23-13-16(3)18-10-8-15(2)9-11-18;/h8-11,14,16H,5-7,12-13H2,1-4H3,(H,24,25)(H2,21,22,23);1H. The minimum Gasteiger partial charge on any atom is -0.357 e. The van der Waals surface area contributed by atoms with Crippen molar-refractivity contribution in [2.75, 3.05) is 19.6 Å². The van der Waals surface area contributed by atoms with E-state index in [-0.39, 0.29) is 24.0 Å². The molecule has 1 atom stereocenters. The first-order valence-corrected chi connectivity index (χ1v) is 9.17. The molecule has 26 heavy (non-hydrogen) atoms. The smallest absolute Gasteiger partial charge is 0.191 e. The van der Waals surface area contributed by atoms with E-state index in [0.29, 0.717) is 5.92 Å². The van der Waals surface area contributed by atoms with Gasteiger partial charge in [0.05, 0.1) is 6.20 Å². The Bertz CT molecular complexity index is 663. The highest BCUT2D eigenvalue weighted by Gasteiger charge is 2.06. The lowest BCUT2D eigenvalue weighted by molar-refractivity contribution is 0.723. The van der Waals surface area contributed by atoms with Crippen molar-refractivity contribution in [3.05, 3.63) is 52.8 Å². The molecule has 1 heterocycles. The molecule has 0 bridgehead atoms. The summed E-state index contributed by atoms with van der Waals surface area (Å²) in [6.45, 7) is 11.0. The number of hydrogen-bond donors (Lipinski definition) is 3. The third-order valence-corrected chi connectivity index (χ3v) is 4.36. The van der Waals surface area contributed by atoms with Gasteiger partial charge in [-0.2, -0.15) is 5.10 Å². The van der Waals surface area contributed by atoms with Gasteiger partial charge in [-0.15, -0.1) is 24.0 Å². The summed E-state index contributed by atoms with van der Waals surface area (Å²) in [5.41, 5.74) is 5.08. The average molecular weight is 469 g/mol. The monoisotopic (exact) mass is 469 g/mol. The van der Waals surface area contributed by atoms with Gasteiger partial charge in [0.25, 0.3) is 0 Å². The predicted molar refractivity (Wildman–Crippen MR) is 121 cm³/mol. The molecule has 3 N–H and O–H groups in total. The zero-order valence-corrected chi connectivity index (χ0v) is 18.6. The number of H-pyrrole nitrogens is 1. The van der Waals surface area contributed by atoms with Crippen molar-refractivity contribution in [1.82, 2.24) is 20.8 Å². The minimum atomic E-state index is 0. The second kappa shape index (κ2) is 11.9. The van der Waals surface area contributed by atoms with Gasteiger partial charge in [-0.1, -0.05) is 36.8 Å². The van der Waals surface area contributed by atoms with Crippen molar-refractivity contribution < 1.29 is 0 Å². The number of nitrogens with one attached hydrogen (secondary N) is 3. The van der Waals surface area contributed by atoms with Crippen LogP contribution in [0.2, 0.25) is 0 Å². The van der Waals surface area contributed by atoms with Crippen LogP contribution < -0.4 is 10.6 Å². The van der Waals surface area contributed by atoms with E-state index in [1.165, 1.54) is 16.7 Å². The Morgan fingerprint density at radius 3 is 2.54 bits per heavy atom. The second-order valence-electron chi connectivity index (χ2n) is 6.58. The van der Waals surface area contributed by atoms with Crippen molar-refractivity contribution in [3.8, 4) is 0 Å². The molecule has 1 aromatic carbocycles. The van der Waals surface area contributed by atoms with E-state index in [0.717, 1.165) is 44.1 Å². The summed E-state index contributed by atoms with van der Waals surface area (Å²) in [4.78, 5) is 4.74. The Labute approximate surface area is 174 Å². The van der Waals surface area contributed by atoms with Crippen LogP contribution in [0.15, 0.2) is 35.5 Å². The first-order chi connectivity index (χ1) is 12.1. The van der Waals surface area contributed by atoms with Gasteiger partial charge in [0, 0.05) is 31.2 Å². The average Bonchev–Trinajstić information content (AvgIpc) is 3.01. The molecule has 144 valence electrons. The Morgan fingerprint density at radius 1 is 1.19 bits per heavy atom. The van der Waals surface area contributed by atoms with E-state index >= 15 is 0 Å². The molecular weight excluding hydrogens is 437 g/mol. The fraction of sp³-hybridized carbons (Fsp3) is 0.500. The van der Waals surface area contributed by atoms with Crippen molar-refractivity contribution >= 4 is 29.9 Å². The summed E-state index contributed by atoms with van der Waals surface area (Å²) in [5.74, 6) is 1.30. The Kier molecular flexibility index (Phi) is 10.3. The van der Waals surface area contributed by atoms with E-state index in [1.54, 1.807) is 0 Å². The van der Waals surface area contributed by atoms with Crippen LogP contribution >= 0.6 is 24.0 Å². The molecule has 0 spiro atoms. The normalized spacial score (nSPS) is 12.4. The molecule has 2 aromatic rings. The lowest BCUT2D eigenvalue weighted by Gasteiger charge is -2.14. The first kappa shape index (κ1) is 22.5. The van der Waals surface area contributed by atoms with E-state index < -0.39 is 0 Å². The molecule has 0 radical (unpaired) electrons. The van der Waals surface area contributed by atoms with Gasteiger partial charge < -0.3 is 10.6 Å². The summed E-state index contributed by atoms with van der Waals surface area (Å²) in [5, 5.41) is 13.8. The summed E-state index contributed by atoms with van der Waals surface area (Å²) in [6, 6.07) is 8.72. The summed E-state index contributed by atoms with van der Waals surface area (Å²) in [7, 11) is 0. The third-order valence-electron chi connectivity index (χ3n) is 4.36. The van der Waals surface area contributed by atoms with Gasteiger partial charge in [0.1, 0.15) is 0 Å². The number of aromatic nitrogens is 2. The molecular formula is C20H32IN5. The van der Waals surface area contributed by atoms with Crippen molar-refractivity contribution in [2.24, 2.45) is 4.99 Å². The summed E-state index contributed by atoms with van der Waals surface area (Å²) < 4.78 is 0. The number of hydrogen-bond acceptors (Lipinski definition) is 2. The zero-order valence-electron chi connectivity index (χ0n) is 16.3. The van der Waals surface area contributed by atoms with Gasteiger partial charge in [-0.05, 0) is 44.7 Å². The van der Waals surface area contributed by atoms with Crippen LogP contribution in [-0.4, -0.2) is 35.8 Å². The van der Waals surface area contributed by atoms with Crippen LogP contribution in [0.5, 0.6) is 0 Å². The molecule has 0 aliphatic rings. The van der Waals surface area contributed by atoms with Crippen LogP contribution in [0.25, 0.3) is 0 Å². The summed E-state index contributed by atoms with van der Waals surface area (Å²) >= 11 is 0. The Morgan fingerprint density at radius 2 is 1.92 bits per heavy atom. The lowest BCUT2D eigenvalue weighted by Crippen LogP contribution is -2.38. The highest BCUT2D eigenvalue weighted by molar-refractivity contribution is 14.0. The SMILES string of the molecule is CCNC(=NCC(C)c1ccc(C)cc1)NCCCc1cn[nH]c1C.I. The minimum absolute atomic E-state index is 0. The van der Waals surface area contributed by atoms with Gasteiger partial charge >= 0.3 is 0 Å². The highest BCUT2D eigenvalue weighted by Crippen LogP contribution is 2.15. The lowest BCUT2D eigenvalue weighted by atomic mass is 10.0. The topological polar surface area (TPSA) is 65.1 Å². The largest absolute Gasteiger partial charge is 0.357 e. The fourth-order valence-electron chi connectivity index (χ4n) is 2.68. The molecule has 0 aliphatic carbocycles. The third kappa shape index (κ3) is 7.35. The number of halogens is 1. The van der Waals surface area contributed by atoms with Gasteiger partial charge in [-0.25, -0.2) is 0 Å². The molecule has 0 amide bonds. The fourth-order valence-corrected chi connectivity index (χ4v) is 2.68. The molecule has 5 nitrogen and oxygen atoms in total. The van der Waals surface area contributed by atoms with E-state index in [9.17, 15) is 0 Å². The van der Waals surface area contributed by atoms with Gasteiger partial charge in [0.15, 0.2) is 5.96 Å². The van der Waals surface area contributed by atoms with Crippen LogP contribution in [0.1, 0.15) is 48.6 Å². The van der Waals surface area contributed by atoms with Crippen molar-refractivity contribution in [3.63, 3.8) is 0 Å². The quantitative estimate of drug-likeness (QED) is 0.238. The maximum Gasteiger partial charge on any atom is 0.191 e. The van der Waals surface area contributed by atoms with Gasteiger partial charge in [-0.3, -0.25) is 10.1 Å². The number of nitrogens with zero attached hydrogens (tertiary/aromatic N) is 2. The van der Waals surface area contributed by atoms with Crippen LogP contribution in [0.3, 0.4) is 0 Å². The molecule has 2 rings (SSSR count). The first-order valence-electron chi connectivity index (χ1n) is 9.17. The van der Waals surface area contributed by atoms with E-state index in [2.05, 4.69) is 72.8 Å². The van der Waals surface area contributed by atoms with Gasteiger partial charge in [0.2, 0.25) is 0 Å². The number of guanidine groups is 1. The van der Waals surface area contributed by atoms with Crippen molar-refractivity contribution in [1.29, 1.82) is 0 Å². The molecule has 0 saturated carbocycles. The molecule has 0 aliphatic heterocycles. The molecule has 0 saturated heterocycles. The Hall–Kier alpha value is -1.57. The number of aromatic amines is 1. The molecule has 1 aromatic heterocycles. The predicted octanol–water partition coefficient (Wildman–Crippen LogP) is 3.94. The maximum atomic E-state index is 4.74. The number of aliphatic imine (C=N–C) groups is 1. The van der Waals surface area contributed by atoms with E-state index in [4.69, 9.17) is 4.99 Å². The molecule has 6 heteroatoms. The number of benzene rings is 1. The van der Waals surface area contributed by atoms with Crippen LogP contribution in [0.4, 0.5) is 0 Å². The second-order valence-corrected chi connectivity index (χ2v) is 6.58. The van der Waals surface area contributed by atoms with Crippen molar-refractivity contribution in [2.45, 2.75) is 46.5 Å². The zero-order chi connectivity index (χ0) is 18.1. The summed E-state index contributed by atoms with van der Waals surface area (Å²) in [6.07, 6.45) is 3.99. The number of rotatable bonds is 8. The molecule has 1 unspecified atom stereocenters. The van der Waals surface area contributed by atoms with Crippen LogP contribution in [-0.2, 0) is 6.42 Å². The van der Waals surface area contributed by atoms with E-state index in [1.807, 2.05) is 6.20 Å².